The number of aliphatic imine (C=N–C) groups is 1. The number of nitrogens with zero attached hydrogens (tertiary/aromatic N) is 2. The Morgan fingerprint density at radius 1 is 1.25 bits per heavy atom. The van der Waals surface area contributed by atoms with E-state index in [1.807, 2.05) is 18.4 Å². The van der Waals surface area contributed by atoms with Gasteiger partial charge in [-0.05, 0) is 43.6 Å². The summed E-state index contributed by atoms with van der Waals surface area (Å²) in [6, 6.07) is 11.5. The Morgan fingerprint density at radius 2 is 2.08 bits per heavy atom. The van der Waals surface area contributed by atoms with Crippen LogP contribution in [0, 0.1) is 0 Å². The first-order chi connectivity index (χ1) is 11.8. The largest absolute Gasteiger partial charge is 0.354 e. The first-order valence-corrected chi connectivity index (χ1v) is 9.63. The lowest BCUT2D eigenvalue weighted by Crippen LogP contribution is -2.38. The van der Waals surface area contributed by atoms with E-state index in [2.05, 4.69) is 46.0 Å². The Labute approximate surface area is 147 Å². The van der Waals surface area contributed by atoms with Gasteiger partial charge in [-0.2, -0.15) is 0 Å². The van der Waals surface area contributed by atoms with E-state index < -0.39 is 0 Å². The highest BCUT2D eigenvalue weighted by Crippen LogP contribution is 2.35. The van der Waals surface area contributed by atoms with E-state index in [0.29, 0.717) is 12.0 Å². The third-order valence-corrected chi connectivity index (χ3v) is 5.92. The Bertz CT molecular complexity index is 718. The maximum atomic E-state index is 4.85. The maximum absolute atomic E-state index is 4.85. The molecule has 2 aliphatic carbocycles. The number of aromatic nitrogens is 1. The van der Waals surface area contributed by atoms with Gasteiger partial charge in [-0.15, -0.1) is 11.3 Å². The Kier molecular flexibility index (Phi) is 4.52. The molecule has 126 valence electrons. The van der Waals surface area contributed by atoms with Crippen molar-refractivity contribution in [3.05, 3.63) is 51.5 Å². The van der Waals surface area contributed by atoms with Crippen LogP contribution in [0.4, 0.5) is 0 Å². The number of guanidine groups is 1. The van der Waals surface area contributed by atoms with Crippen molar-refractivity contribution in [2.24, 2.45) is 4.99 Å². The number of hydrogen-bond acceptors (Lipinski definition) is 3. The van der Waals surface area contributed by atoms with Gasteiger partial charge in [0.1, 0.15) is 5.01 Å². The van der Waals surface area contributed by atoms with Crippen molar-refractivity contribution in [1.82, 2.24) is 15.6 Å². The molecule has 0 amide bonds. The van der Waals surface area contributed by atoms with Gasteiger partial charge in [0.2, 0.25) is 0 Å². The van der Waals surface area contributed by atoms with Gasteiger partial charge in [-0.3, -0.25) is 4.99 Å². The number of nitrogens with one attached hydrogen (secondary N) is 2. The normalized spacial score (nSPS) is 20.5. The van der Waals surface area contributed by atoms with E-state index in [4.69, 9.17) is 4.98 Å². The molecule has 1 unspecified atom stereocenters. The van der Waals surface area contributed by atoms with Gasteiger partial charge in [0.15, 0.2) is 5.96 Å². The van der Waals surface area contributed by atoms with Crippen LogP contribution in [0.3, 0.4) is 0 Å². The fourth-order valence-electron chi connectivity index (χ4n) is 3.29. The molecule has 1 fully saturated rings. The van der Waals surface area contributed by atoms with E-state index in [-0.39, 0.29) is 0 Å². The number of thiazole rings is 1. The molecular formula is C19H24N4S. The molecule has 24 heavy (non-hydrogen) atoms. The first kappa shape index (κ1) is 15.6. The summed E-state index contributed by atoms with van der Waals surface area (Å²) in [6.07, 6.45) is 5.95. The predicted octanol–water partition coefficient (Wildman–Crippen LogP) is 3.24. The molecule has 1 heterocycles. The van der Waals surface area contributed by atoms with Crippen molar-refractivity contribution in [3.8, 4) is 0 Å². The van der Waals surface area contributed by atoms with Crippen molar-refractivity contribution in [3.63, 3.8) is 0 Å². The zero-order chi connectivity index (χ0) is 16.4. The van der Waals surface area contributed by atoms with E-state index in [9.17, 15) is 0 Å². The highest BCUT2D eigenvalue weighted by atomic mass is 32.1. The molecule has 1 aromatic carbocycles. The highest BCUT2D eigenvalue weighted by Gasteiger charge is 2.24. The fourth-order valence-corrected chi connectivity index (χ4v) is 4.42. The third kappa shape index (κ3) is 3.61. The monoisotopic (exact) mass is 340 g/mol. The van der Waals surface area contributed by atoms with Crippen molar-refractivity contribution < 1.29 is 0 Å². The molecule has 4 rings (SSSR count). The smallest absolute Gasteiger partial charge is 0.191 e. The summed E-state index contributed by atoms with van der Waals surface area (Å²) < 4.78 is 0. The van der Waals surface area contributed by atoms with E-state index >= 15 is 0 Å². The Balaban J connectivity index is 1.39. The van der Waals surface area contributed by atoms with Crippen LogP contribution in [0.15, 0.2) is 35.3 Å². The van der Waals surface area contributed by atoms with Crippen LogP contribution in [0.1, 0.15) is 46.3 Å². The standard InChI is InChI=1S/C19H24N4S/c1-20-19(22-15-8-9-15)21-12-18-23-16-10-7-14(11-17(16)24-18)13-5-3-2-4-6-13/h2-6,14-15H,7-12H2,1H3,(H2,20,21,22). The lowest BCUT2D eigenvalue weighted by Gasteiger charge is -2.21. The highest BCUT2D eigenvalue weighted by molar-refractivity contribution is 7.11. The summed E-state index contributed by atoms with van der Waals surface area (Å²) in [7, 11) is 1.83. The Hall–Kier alpha value is -1.88. The maximum Gasteiger partial charge on any atom is 0.191 e. The number of benzene rings is 1. The van der Waals surface area contributed by atoms with E-state index in [1.165, 1.54) is 40.4 Å². The van der Waals surface area contributed by atoms with Crippen molar-refractivity contribution in [1.29, 1.82) is 0 Å². The molecule has 0 saturated heterocycles. The summed E-state index contributed by atoms with van der Waals surface area (Å²) >= 11 is 1.86. The molecule has 1 atom stereocenters. The second-order valence-corrected chi connectivity index (χ2v) is 7.84. The summed E-state index contributed by atoms with van der Waals surface area (Å²) in [6.45, 7) is 0.764. The molecule has 1 saturated carbocycles. The lowest BCUT2D eigenvalue weighted by molar-refractivity contribution is 0.583. The van der Waals surface area contributed by atoms with Gasteiger partial charge in [0.05, 0.1) is 12.2 Å². The van der Waals surface area contributed by atoms with Gasteiger partial charge in [0, 0.05) is 18.0 Å². The second-order valence-electron chi connectivity index (χ2n) is 6.67. The molecule has 0 spiro atoms. The van der Waals surface area contributed by atoms with Crippen molar-refractivity contribution in [2.75, 3.05) is 7.05 Å². The predicted molar refractivity (Wildman–Crippen MR) is 99.7 cm³/mol. The third-order valence-electron chi connectivity index (χ3n) is 4.80. The molecule has 1 aromatic heterocycles. The summed E-state index contributed by atoms with van der Waals surface area (Å²) in [5, 5.41) is 7.99. The van der Waals surface area contributed by atoms with Crippen LogP contribution in [-0.4, -0.2) is 24.0 Å². The first-order valence-electron chi connectivity index (χ1n) is 8.81. The summed E-state index contributed by atoms with van der Waals surface area (Å²) in [4.78, 5) is 10.6. The zero-order valence-corrected chi connectivity index (χ0v) is 14.9. The fraction of sp³-hybridized carbons (Fsp3) is 0.474. The number of aryl methyl sites for hydroxylation is 1. The average molecular weight is 340 g/mol. The van der Waals surface area contributed by atoms with Crippen LogP contribution < -0.4 is 10.6 Å². The average Bonchev–Trinajstić information content (AvgIpc) is 3.35. The molecule has 2 aromatic rings. The quantitative estimate of drug-likeness (QED) is 0.663. The zero-order valence-electron chi connectivity index (χ0n) is 14.1. The molecule has 4 nitrogen and oxygen atoms in total. The Morgan fingerprint density at radius 3 is 2.83 bits per heavy atom. The second kappa shape index (κ2) is 6.93. The van der Waals surface area contributed by atoms with Crippen LogP contribution in [0.25, 0.3) is 0 Å². The minimum atomic E-state index is 0.618. The SMILES string of the molecule is CN=C(NCc1nc2c(s1)CC(c1ccccc1)CC2)NC1CC1. The van der Waals surface area contributed by atoms with Gasteiger partial charge >= 0.3 is 0 Å². The van der Waals surface area contributed by atoms with Crippen LogP contribution in [0.5, 0.6) is 0 Å². The minimum Gasteiger partial charge on any atom is -0.354 e. The van der Waals surface area contributed by atoms with Crippen LogP contribution in [0.2, 0.25) is 0 Å². The summed E-state index contributed by atoms with van der Waals surface area (Å²) in [5.74, 6) is 1.54. The number of hydrogen-bond donors (Lipinski definition) is 2. The van der Waals surface area contributed by atoms with Crippen molar-refractivity contribution in [2.45, 2.75) is 50.6 Å². The molecule has 0 radical (unpaired) electrons. The molecule has 2 aliphatic rings. The van der Waals surface area contributed by atoms with Gasteiger partial charge in [0.25, 0.3) is 0 Å². The minimum absolute atomic E-state index is 0.618. The molecule has 0 aliphatic heterocycles. The van der Waals surface area contributed by atoms with Crippen LogP contribution >= 0.6 is 11.3 Å². The molecule has 2 N–H and O–H groups in total. The lowest BCUT2D eigenvalue weighted by atomic mass is 9.85. The number of rotatable bonds is 4. The molecule has 5 heteroatoms. The molecule has 0 bridgehead atoms. The van der Waals surface area contributed by atoms with Gasteiger partial charge in [-0.25, -0.2) is 4.98 Å². The topological polar surface area (TPSA) is 49.3 Å². The summed E-state index contributed by atoms with van der Waals surface area (Å²) in [5.41, 5.74) is 2.78. The van der Waals surface area contributed by atoms with E-state index in [1.54, 1.807) is 0 Å². The van der Waals surface area contributed by atoms with E-state index in [0.717, 1.165) is 25.3 Å². The van der Waals surface area contributed by atoms with Crippen molar-refractivity contribution >= 4 is 17.3 Å². The number of fused-ring (bicyclic) bond motifs is 1. The van der Waals surface area contributed by atoms with Gasteiger partial charge in [-0.1, -0.05) is 30.3 Å². The molecular weight excluding hydrogens is 316 g/mol. The van der Waals surface area contributed by atoms with Gasteiger partial charge < -0.3 is 10.6 Å². The van der Waals surface area contributed by atoms with Crippen LogP contribution in [-0.2, 0) is 19.4 Å².